The number of aromatic nitrogens is 1. The number of carboxylic acids is 1. The molecule has 0 saturated carbocycles. The van der Waals surface area contributed by atoms with E-state index in [9.17, 15) is 9.90 Å². The van der Waals surface area contributed by atoms with Crippen LogP contribution in [0.3, 0.4) is 0 Å². The van der Waals surface area contributed by atoms with Crippen LogP contribution >= 0.6 is 34.7 Å². The molecule has 0 spiro atoms. The molecule has 1 aromatic carbocycles. The molecule has 1 fully saturated rings. The predicted molar refractivity (Wildman–Crippen MR) is 142 cm³/mol. The summed E-state index contributed by atoms with van der Waals surface area (Å²) in [5, 5.41) is 13.9. The number of thioether (sulfide) groups is 1. The van der Waals surface area contributed by atoms with Crippen molar-refractivity contribution in [2.45, 2.75) is 36.3 Å². The van der Waals surface area contributed by atoms with Gasteiger partial charge >= 0.3 is 5.97 Å². The summed E-state index contributed by atoms with van der Waals surface area (Å²) in [6, 6.07) is 9.97. The van der Waals surface area contributed by atoms with Crippen molar-refractivity contribution in [3.05, 3.63) is 52.5 Å². The van der Waals surface area contributed by atoms with Gasteiger partial charge in [0.1, 0.15) is 5.75 Å². The molecule has 4 rings (SSSR count). The lowest BCUT2D eigenvalue weighted by Gasteiger charge is -2.36. The van der Waals surface area contributed by atoms with E-state index in [-0.39, 0.29) is 11.8 Å². The summed E-state index contributed by atoms with van der Waals surface area (Å²) >= 11 is 9.64. The van der Waals surface area contributed by atoms with E-state index in [1.165, 1.54) is 9.77 Å². The molecule has 1 saturated heterocycles. The van der Waals surface area contributed by atoms with Crippen LogP contribution in [0.4, 0.5) is 0 Å². The number of benzene rings is 1. The van der Waals surface area contributed by atoms with Crippen molar-refractivity contribution in [1.82, 2.24) is 9.88 Å². The topological polar surface area (TPSA) is 62.7 Å². The van der Waals surface area contributed by atoms with E-state index in [0.29, 0.717) is 6.54 Å². The van der Waals surface area contributed by atoms with E-state index in [4.69, 9.17) is 16.3 Å². The van der Waals surface area contributed by atoms with Crippen molar-refractivity contribution in [3.63, 3.8) is 0 Å². The summed E-state index contributed by atoms with van der Waals surface area (Å²) < 4.78 is 6.55. The lowest BCUT2D eigenvalue weighted by atomic mass is 9.81. The largest absolute Gasteiger partial charge is 0.497 e. The molecule has 2 atom stereocenters. The predicted octanol–water partition coefficient (Wildman–Crippen LogP) is 6.49. The molecule has 1 N–H and O–H groups in total. The molecule has 0 amide bonds. The van der Waals surface area contributed by atoms with Crippen LogP contribution in [0.25, 0.3) is 10.9 Å². The molecular formula is C26H31ClN2O3S2. The van der Waals surface area contributed by atoms with Crippen LogP contribution in [-0.2, 0) is 11.2 Å². The number of halogens is 1. The van der Waals surface area contributed by atoms with E-state index < -0.39 is 5.97 Å². The maximum absolute atomic E-state index is 12.0. The van der Waals surface area contributed by atoms with Gasteiger partial charge in [-0.1, -0.05) is 11.6 Å². The first-order valence-corrected chi connectivity index (χ1v) is 14.0. The molecule has 182 valence electrons. The van der Waals surface area contributed by atoms with Gasteiger partial charge in [0.25, 0.3) is 0 Å². The van der Waals surface area contributed by atoms with Gasteiger partial charge in [0.05, 0.1) is 27.8 Å². The average molecular weight is 519 g/mol. The quantitative estimate of drug-likeness (QED) is 0.231. The minimum Gasteiger partial charge on any atom is -0.497 e. The number of aryl methyl sites for hydroxylation is 1. The molecule has 2 aromatic heterocycles. The number of methoxy groups -OCH3 is 1. The lowest BCUT2D eigenvalue weighted by Crippen LogP contribution is -2.44. The zero-order valence-electron chi connectivity index (χ0n) is 19.4. The van der Waals surface area contributed by atoms with E-state index in [1.54, 1.807) is 30.2 Å². The van der Waals surface area contributed by atoms with Crippen LogP contribution in [-0.4, -0.2) is 53.5 Å². The Morgan fingerprint density at radius 3 is 2.97 bits per heavy atom. The van der Waals surface area contributed by atoms with Crippen molar-refractivity contribution in [1.29, 1.82) is 0 Å². The Kier molecular flexibility index (Phi) is 9.11. The number of thiophene rings is 1. The van der Waals surface area contributed by atoms with Crippen LogP contribution in [0.5, 0.6) is 5.75 Å². The minimum atomic E-state index is -0.659. The van der Waals surface area contributed by atoms with E-state index in [1.807, 2.05) is 35.8 Å². The van der Waals surface area contributed by atoms with Gasteiger partial charge in [0.2, 0.25) is 0 Å². The van der Waals surface area contributed by atoms with Crippen LogP contribution in [0.15, 0.2) is 46.1 Å². The van der Waals surface area contributed by atoms with Gasteiger partial charge in [0, 0.05) is 23.9 Å². The molecule has 8 heteroatoms. The number of ether oxygens (including phenoxy) is 1. The van der Waals surface area contributed by atoms with E-state index >= 15 is 0 Å². The highest BCUT2D eigenvalue weighted by Crippen LogP contribution is 2.33. The van der Waals surface area contributed by atoms with Gasteiger partial charge in [-0.2, -0.15) is 0 Å². The summed E-state index contributed by atoms with van der Waals surface area (Å²) in [5.41, 5.74) is 2.21. The van der Waals surface area contributed by atoms with E-state index in [0.717, 1.165) is 72.6 Å². The maximum atomic E-state index is 12.0. The Balaban J connectivity index is 1.26. The molecule has 0 radical (unpaired) electrons. The van der Waals surface area contributed by atoms with Crippen molar-refractivity contribution < 1.29 is 14.6 Å². The summed E-state index contributed by atoms with van der Waals surface area (Å²) in [5.74, 6) is 1.12. The van der Waals surface area contributed by atoms with Crippen molar-refractivity contribution >= 4 is 51.6 Å². The first-order chi connectivity index (χ1) is 16.5. The molecule has 0 aliphatic carbocycles. The van der Waals surface area contributed by atoms with Crippen molar-refractivity contribution in [2.24, 2.45) is 11.8 Å². The van der Waals surface area contributed by atoms with E-state index in [2.05, 4.69) is 16.0 Å². The minimum absolute atomic E-state index is 0.232. The molecule has 1 aliphatic heterocycles. The third-order valence-electron chi connectivity index (χ3n) is 6.65. The fourth-order valence-corrected chi connectivity index (χ4v) is 7.11. The Hall–Kier alpha value is -1.80. The lowest BCUT2D eigenvalue weighted by molar-refractivity contribution is -0.146. The fourth-order valence-electron chi connectivity index (χ4n) is 4.81. The highest BCUT2D eigenvalue weighted by molar-refractivity contribution is 8.01. The standard InChI is InChI=1S/C26H31ClN2O3S2/c1-32-20-6-7-24-21(16-20)18(8-11-28-24)4-2-5-19-9-13-29(17-22(19)25(30)31)12-3-14-33-26-23(27)10-15-34-26/h6-8,10-11,15-16,19,22H,2-5,9,12-14,17H2,1H3,(H,30,31)/t19-,22+/m1/s1. The second kappa shape index (κ2) is 12.2. The molecule has 34 heavy (non-hydrogen) atoms. The normalized spacial score (nSPS) is 18.9. The summed E-state index contributed by atoms with van der Waals surface area (Å²) in [6.07, 6.45) is 6.67. The monoisotopic (exact) mass is 518 g/mol. The third kappa shape index (κ3) is 6.45. The molecule has 0 unspecified atom stereocenters. The Bertz CT molecular complexity index is 1110. The smallest absolute Gasteiger partial charge is 0.308 e. The molecule has 0 bridgehead atoms. The maximum Gasteiger partial charge on any atom is 0.308 e. The van der Waals surface area contributed by atoms with Gasteiger partial charge in [-0.05, 0) is 92.4 Å². The number of aliphatic carboxylic acids is 1. The number of rotatable bonds is 11. The number of fused-ring (bicyclic) bond motifs is 1. The molecule has 3 aromatic rings. The van der Waals surface area contributed by atoms with Crippen molar-refractivity contribution in [3.8, 4) is 5.75 Å². The second-order valence-corrected chi connectivity index (χ2v) is 11.5. The fraction of sp³-hybridized carbons (Fsp3) is 0.462. The molecule has 1 aliphatic rings. The first kappa shape index (κ1) is 25.3. The zero-order chi connectivity index (χ0) is 23.9. The number of hydrogen-bond acceptors (Lipinski definition) is 6. The van der Waals surface area contributed by atoms with Gasteiger partial charge in [-0.3, -0.25) is 9.78 Å². The summed E-state index contributed by atoms with van der Waals surface area (Å²) in [6.45, 7) is 2.57. The number of likely N-dealkylation sites (tertiary alicyclic amines) is 1. The van der Waals surface area contributed by atoms with Crippen molar-refractivity contribution in [2.75, 3.05) is 32.5 Å². The van der Waals surface area contributed by atoms with Crippen LogP contribution in [0.2, 0.25) is 5.02 Å². The Morgan fingerprint density at radius 2 is 2.21 bits per heavy atom. The number of nitrogens with zero attached hydrogens (tertiary/aromatic N) is 2. The number of carboxylic acid groups (broad SMARTS) is 1. The van der Waals surface area contributed by atoms with Gasteiger partial charge in [-0.25, -0.2) is 0 Å². The molecule has 5 nitrogen and oxygen atoms in total. The van der Waals surface area contributed by atoms with Gasteiger partial charge in [0.15, 0.2) is 0 Å². The highest BCUT2D eigenvalue weighted by Gasteiger charge is 2.33. The Morgan fingerprint density at radius 1 is 1.32 bits per heavy atom. The van der Waals surface area contributed by atoms with Gasteiger partial charge < -0.3 is 14.7 Å². The molecule has 3 heterocycles. The van der Waals surface area contributed by atoms with Crippen LogP contribution < -0.4 is 4.74 Å². The first-order valence-electron chi connectivity index (χ1n) is 11.8. The van der Waals surface area contributed by atoms with Crippen LogP contribution in [0, 0.1) is 11.8 Å². The number of pyridine rings is 1. The number of carbonyl (C=O) groups is 1. The number of hydrogen-bond donors (Lipinski definition) is 1. The molecular weight excluding hydrogens is 488 g/mol. The average Bonchev–Trinajstić information content (AvgIpc) is 3.26. The Labute approximate surface area is 214 Å². The summed E-state index contributed by atoms with van der Waals surface area (Å²) in [7, 11) is 1.67. The SMILES string of the molecule is COc1ccc2nccc(CCC[C@@H]3CCN(CCCSc4sccc4Cl)C[C@@H]3C(=O)O)c2c1. The van der Waals surface area contributed by atoms with Crippen LogP contribution in [0.1, 0.15) is 31.2 Å². The highest BCUT2D eigenvalue weighted by atomic mass is 35.5. The summed E-state index contributed by atoms with van der Waals surface area (Å²) in [4.78, 5) is 18.8. The number of piperidine rings is 1. The van der Waals surface area contributed by atoms with Gasteiger partial charge in [-0.15, -0.1) is 23.1 Å². The zero-order valence-corrected chi connectivity index (χ0v) is 21.8. The second-order valence-electron chi connectivity index (χ2n) is 8.80. The third-order valence-corrected chi connectivity index (χ3v) is 9.52.